The zero-order valence-electron chi connectivity index (χ0n) is 18.4. The van der Waals surface area contributed by atoms with Crippen LogP contribution in [0.1, 0.15) is 21.5 Å². The second-order valence-electron chi connectivity index (χ2n) is 8.60. The Morgan fingerprint density at radius 3 is 2.58 bits per heavy atom. The Hall–Kier alpha value is -4.18. The van der Waals surface area contributed by atoms with Crippen LogP contribution in [-0.4, -0.2) is 17.4 Å². The molecule has 1 N–H and O–H groups in total. The van der Waals surface area contributed by atoms with E-state index in [1.54, 1.807) is 0 Å². The van der Waals surface area contributed by atoms with E-state index in [2.05, 4.69) is 41.4 Å². The van der Waals surface area contributed by atoms with Gasteiger partial charge in [0.2, 0.25) is 0 Å². The van der Waals surface area contributed by atoms with Crippen LogP contribution in [0.2, 0.25) is 0 Å². The fourth-order valence-corrected chi connectivity index (χ4v) is 4.64. The predicted octanol–water partition coefficient (Wildman–Crippen LogP) is 6.64. The monoisotopic (exact) mass is 429 g/mol. The smallest absolute Gasteiger partial charge is 0.255 e. The van der Waals surface area contributed by atoms with E-state index in [-0.39, 0.29) is 5.91 Å². The van der Waals surface area contributed by atoms with Crippen molar-refractivity contribution in [3.8, 4) is 0 Å². The quantitative estimate of drug-likeness (QED) is 0.349. The molecule has 0 bridgehead atoms. The van der Waals surface area contributed by atoms with Crippen LogP contribution in [0.15, 0.2) is 91.0 Å². The minimum Gasteiger partial charge on any atom is -0.326 e. The van der Waals surface area contributed by atoms with Crippen molar-refractivity contribution < 1.29 is 4.79 Å². The number of hydrogen-bond donors (Lipinski definition) is 1. The molecule has 0 unspecified atom stereocenters. The van der Waals surface area contributed by atoms with Gasteiger partial charge in [0.25, 0.3) is 5.91 Å². The fraction of sp³-hybridized carbons (Fsp3) is 0.103. The Kier molecular flexibility index (Phi) is 4.58. The Labute approximate surface area is 192 Å². The standard InChI is InChI=1S/C29H23N3O/c1-19-9-10-22-18-23-15-16-32(28(23)30-27(22)17-19)24-13-11-21(12-14-24)29(33)31-26-8-4-6-20-5-2-3-7-25(20)26/h2-14,17-18H,15-16H2,1H3,(H,31,33). The molecule has 33 heavy (non-hydrogen) atoms. The Bertz CT molecular complexity index is 1520. The van der Waals surface area contributed by atoms with Crippen LogP contribution in [0.3, 0.4) is 0 Å². The van der Waals surface area contributed by atoms with Gasteiger partial charge in [-0.05, 0) is 72.3 Å². The van der Waals surface area contributed by atoms with E-state index in [0.717, 1.165) is 46.4 Å². The minimum atomic E-state index is -0.112. The number of hydrogen-bond acceptors (Lipinski definition) is 3. The Balaban J connectivity index is 1.27. The summed E-state index contributed by atoms with van der Waals surface area (Å²) in [5.74, 6) is 0.903. The van der Waals surface area contributed by atoms with Crippen molar-refractivity contribution in [3.63, 3.8) is 0 Å². The molecule has 0 aliphatic carbocycles. The molecular weight excluding hydrogens is 406 g/mol. The summed E-state index contributed by atoms with van der Waals surface area (Å²) in [6.07, 6.45) is 0.968. The highest BCUT2D eigenvalue weighted by molar-refractivity contribution is 6.09. The van der Waals surface area contributed by atoms with Gasteiger partial charge in [-0.25, -0.2) is 4.98 Å². The molecule has 1 aromatic heterocycles. The second kappa shape index (κ2) is 7.75. The summed E-state index contributed by atoms with van der Waals surface area (Å²) in [5, 5.41) is 6.39. The number of amides is 1. The molecular formula is C29H23N3O. The summed E-state index contributed by atoms with van der Waals surface area (Å²) in [5.41, 5.74) is 6.00. The summed E-state index contributed by atoms with van der Waals surface area (Å²) in [6, 6.07) is 30.5. The average Bonchev–Trinajstić information content (AvgIpc) is 3.25. The molecule has 1 amide bonds. The largest absolute Gasteiger partial charge is 0.326 e. The molecule has 0 saturated heterocycles. The first kappa shape index (κ1) is 19.5. The van der Waals surface area contributed by atoms with Gasteiger partial charge in [-0.15, -0.1) is 0 Å². The molecule has 160 valence electrons. The highest BCUT2D eigenvalue weighted by Gasteiger charge is 2.23. The van der Waals surface area contributed by atoms with Gasteiger partial charge in [-0.3, -0.25) is 4.79 Å². The highest BCUT2D eigenvalue weighted by atomic mass is 16.1. The second-order valence-corrected chi connectivity index (χ2v) is 8.60. The topological polar surface area (TPSA) is 45.2 Å². The molecule has 1 aliphatic heterocycles. The van der Waals surface area contributed by atoms with Crippen molar-refractivity contribution in [3.05, 3.63) is 108 Å². The first-order valence-corrected chi connectivity index (χ1v) is 11.2. The number of aromatic nitrogens is 1. The lowest BCUT2D eigenvalue weighted by atomic mass is 10.1. The molecule has 0 fully saturated rings. The molecule has 4 heteroatoms. The lowest BCUT2D eigenvalue weighted by Gasteiger charge is -2.19. The van der Waals surface area contributed by atoms with E-state index in [0.29, 0.717) is 5.56 Å². The van der Waals surface area contributed by atoms with E-state index in [4.69, 9.17) is 4.98 Å². The lowest BCUT2D eigenvalue weighted by Crippen LogP contribution is -2.15. The van der Waals surface area contributed by atoms with Gasteiger partial charge in [0.15, 0.2) is 0 Å². The SMILES string of the molecule is Cc1ccc2cc3c(nc2c1)N(c1ccc(C(=O)Nc2cccc4ccccc24)cc1)CC3. The first-order chi connectivity index (χ1) is 16.2. The predicted molar refractivity (Wildman–Crippen MR) is 136 cm³/mol. The van der Waals surface area contributed by atoms with Crippen LogP contribution in [0.4, 0.5) is 17.2 Å². The average molecular weight is 430 g/mol. The van der Waals surface area contributed by atoms with E-state index >= 15 is 0 Å². The van der Waals surface area contributed by atoms with Crippen LogP contribution in [0.25, 0.3) is 21.7 Å². The van der Waals surface area contributed by atoms with Crippen molar-refractivity contribution in [2.75, 3.05) is 16.8 Å². The van der Waals surface area contributed by atoms with Crippen LogP contribution in [0, 0.1) is 6.92 Å². The van der Waals surface area contributed by atoms with Crippen LogP contribution < -0.4 is 10.2 Å². The van der Waals surface area contributed by atoms with Gasteiger partial charge in [-0.1, -0.05) is 48.5 Å². The Morgan fingerprint density at radius 2 is 1.70 bits per heavy atom. The third kappa shape index (κ3) is 3.50. The van der Waals surface area contributed by atoms with Gasteiger partial charge >= 0.3 is 0 Å². The highest BCUT2D eigenvalue weighted by Crippen LogP contribution is 2.35. The van der Waals surface area contributed by atoms with Crippen LogP contribution in [-0.2, 0) is 6.42 Å². The maximum Gasteiger partial charge on any atom is 0.255 e. The Morgan fingerprint density at radius 1 is 0.879 bits per heavy atom. The normalized spacial score (nSPS) is 12.8. The van der Waals surface area contributed by atoms with Gasteiger partial charge in [0.05, 0.1) is 5.52 Å². The minimum absolute atomic E-state index is 0.112. The van der Waals surface area contributed by atoms with E-state index in [1.165, 1.54) is 16.5 Å². The number of pyridine rings is 1. The summed E-state index contributed by atoms with van der Waals surface area (Å²) < 4.78 is 0. The number of carbonyl (C=O) groups excluding carboxylic acids is 1. The number of anilines is 3. The third-order valence-corrected chi connectivity index (χ3v) is 6.37. The number of rotatable bonds is 3. The van der Waals surface area contributed by atoms with Crippen molar-refractivity contribution in [2.24, 2.45) is 0 Å². The molecule has 2 heterocycles. The molecule has 0 saturated carbocycles. The molecule has 5 aromatic rings. The lowest BCUT2D eigenvalue weighted by molar-refractivity contribution is 0.102. The zero-order valence-corrected chi connectivity index (χ0v) is 18.4. The summed E-state index contributed by atoms with van der Waals surface area (Å²) in [6.45, 7) is 2.98. The van der Waals surface area contributed by atoms with E-state index in [9.17, 15) is 4.79 Å². The molecule has 4 aromatic carbocycles. The van der Waals surface area contributed by atoms with Crippen LogP contribution >= 0.6 is 0 Å². The van der Waals surface area contributed by atoms with Crippen molar-refractivity contribution in [1.29, 1.82) is 0 Å². The van der Waals surface area contributed by atoms with Gasteiger partial charge in [-0.2, -0.15) is 0 Å². The molecule has 0 radical (unpaired) electrons. The maximum atomic E-state index is 12.9. The first-order valence-electron chi connectivity index (χ1n) is 11.2. The van der Waals surface area contributed by atoms with Crippen molar-refractivity contribution in [2.45, 2.75) is 13.3 Å². The number of nitrogens with one attached hydrogen (secondary N) is 1. The summed E-state index contributed by atoms with van der Waals surface area (Å²) in [7, 11) is 0. The number of nitrogens with zero attached hydrogens (tertiary/aromatic N) is 2. The van der Waals surface area contributed by atoms with E-state index in [1.807, 2.05) is 66.7 Å². The molecule has 1 aliphatic rings. The number of benzene rings is 4. The van der Waals surface area contributed by atoms with Gasteiger partial charge < -0.3 is 10.2 Å². The van der Waals surface area contributed by atoms with Crippen molar-refractivity contribution in [1.82, 2.24) is 4.98 Å². The molecule has 0 atom stereocenters. The van der Waals surface area contributed by atoms with Gasteiger partial charge in [0.1, 0.15) is 5.82 Å². The molecule has 6 rings (SSSR count). The molecule has 0 spiro atoms. The number of aryl methyl sites for hydroxylation is 1. The van der Waals surface area contributed by atoms with E-state index < -0.39 is 0 Å². The third-order valence-electron chi connectivity index (χ3n) is 6.37. The zero-order chi connectivity index (χ0) is 22.4. The summed E-state index contributed by atoms with van der Waals surface area (Å²) in [4.78, 5) is 20.1. The van der Waals surface area contributed by atoms with Crippen LogP contribution in [0.5, 0.6) is 0 Å². The fourth-order valence-electron chi connectivity index (χ4n) is 4.64. The number of fused-ring (bicyclic) bond motifs is 3. The van der Waals surface area contributed by atoms with Crippen molar-refractivity contribution >= 4 is 44.8 Å². The van der Waals surface area contributed by atoms with Gasteiger partial charge in [0, 0.05) is 34.3 Å². The summed E-state index contributed by atoms with van der Waals surface area (Å²) >= 11 is 0. The maximum absolute atomic E-state index is 12.9. The molecule has 4 nitrogen and oxygen atoms in total. The number of carbonyl (C=O) groups is 1.